The lowest BCUT2D eigenvalue weighted by molar-refractivity contribution is 0.204. The second kappa shape index (κ2) is 5.64. The molecule has 1 N–H and O–H groups in total. The highest BCUT2D eigenvalue weighted by Gasteiger charge is 2.28. The molecule has 0 spiro atoms. The van der Waals surface area contributed by atoms with E-state index in [1.165, 1.54) is 18.4 Å². The lowest BCUT2D eigenvalue weighted by Crippen LogP contribution is -2.42. The van der Waals surface area contributed by atoms with Gasteiger partial charge in [0.15, 0.2) is 0 Å². The summed E-state index contributed by atoms with van der Waals surface area (Å²) in [5.41, 5.74) is 1.36. The first-order chi connectivity index (χ1) is 9.33. The van der Waals surface area contributed by atoms with E-state index in [0.29, 0.717) is 12.0 Å². The summed E-state index contributed by atoms with van der Waals surface area (Å²) < 4.78 is 0. The molecule has 2 fully saturated rings. The summed E-state index contributed by atoms with van der Waals surface area (Å²) in [6.45, 7) is 1.75. The number of carbonyl (C=O) groups is 1. The Morgan fingerprint density at radius 3 is 2.58 bits per heavy atom. The number of amides is 2. The third-order valence-corrected chi connectivity index (χ3v) is 4.43. The summed E-state index contributed by atoms with van der Waals surface area (Å²) in [6.07, 6.45) is 5.92. The Morgan fingerprint density at radius 1 is 1.11 bits per heavy atom. The summed E-state index contributed by atoms with van der Waals surface area (Å²) in [6, 6.07) is 11.1. The Kier molecular flexibility index (Phi) is 3.72. The molecule has 0 bridgehead atoms. The van der Waals surface area contributed by atoms with Crippen LogP contribution in [0.4, 0.5) is 4.79 Å². The number of benzene rings is 1. The minimum Gasteiger partial charge on any atom is -0.335 e. The van der Waals surface area contributed by atoms with E-state index in [4.69, 9.17) is 0 Å². The topological polar surface area (TPSA) is 32.3 Å². The van der Waals surface area contributed by atoms with Crippen molar-refractivity contribution in [2.45, 2.75) is 44.1 Å². The molecule has 1 aromatic carbocycles. The number of nitrogens with one attached hydrogen (secondary N) is 1. The van der Waals surface area contributed by atoms with Crippen LogP contribution >= 0.6 is 0 Å². The van der Waals surface area contributed by atoms with Crippen LogP contribution in [-0.4, -0.2) is 30.1 Å². The van der Waals surface area contributed by atoms with E-state index in [2.05, 4.69) is 29.6 Å². The van der Waals surface area contributed by atoms with Gasteiger partial charge in [0.2, 0.25) is 0 Å². The third kappa shape index (κ3) is 2.91. The molecule has 1 atom stereocenters. The van der Waals surface area contributed by atoms with Gasteiger partial charge in [0, 0.05) is 25.0 Å². The molecule has 1 heterocycles. The summed E-state index contributed by atoms with van der Waals surface area (Å²) in [5, 5.41) is 3.18. The summed E-state index contributed by atoms with van der Waals surface area (Å²) in [4.78, 5) is 14.2. The quantitative estimate of drug-likeness (QED) is 0.868. The van der Waals surface area contributed by atoms with E-state index in [1.807, 2.05) is 11.0 Å². The monoisotopic (exact) mass is 258 g/mol. The van der Waals surface area contributed by atoms with Gasteiger partial charge >= 0.3 is 6.03 Å². The van der Waals surface area contributed by atoms with Crippen LogP contribution in [0, 0.1) is 0 Å². The van der Waals surface area contributed by atoms with Gasteiger partial charge in [0.1, 0.15) is 0 Å². The zero-order valence-electron chi connectivity index (χ0n) is 11.3. The van der Waals surface area contributed by atoms with Crippen LogP contribution < -0.4 is 5.32 Å². The molecule has 0 radical (unpaired) electrons. The highest BCUT2D eigenvalue weighted by atomic mass is 16.2. The molecular formula is C16H22N2O. The van der Waals surface area contributed by atoms with E-state index in [1.54, 1.807) is 0 Å². The molecule has 1 saturated carbocycles. The maximum absolute atomic E-state index is 12.2. The normalized spacial score (nSPS) is 23.8. The molecule has 1 unspecified atom stereocenters. The van der Waals surface area contributed by atoms with Gasteiger partial charge in [0.25, 0.3) is 0 Å². The smallest absolute Gasteiger partial charge is 0.317 e. The van der Waals surface area contributed by atoms with Gasteiger partial charge < -0.3 is 10.2 Å². The highest BCUT2D eigenvalue weighted by Crippen LogP contribution is 2.27. The Labute approximate surface area is 115 Å². The van der Waals surface area contributed by atoms with Crippen molar-refractivity contribution in [3.05, 3.63) is 35.9 Å². The van der Waals surface area contributed by atoms with Crippen LogP contribution in [0.3, 0.4) is 0 Å². The van der Waals surface area contributed by atoms with Crippen LogP contribution in [-0.2, 0) is 0 Å². The van der Waals surface area contributed by atoms with E-state index >= 15 is 0 Å². The van der Waals surface area contributed by atoms with Crippen LogP contribution in [0.2, 0.25) is 0 Å². The van der Waals surface area contributed by atoms with Crippen molar-refractivity contribution in [2.75, 3.05) is 13.1 Å². The maximum atomic E-state index is 12.2. The highest BCUT2D eigenvalue weighted by molar-refractivity contribution is 5.75. The van der Waals surface area contributed by atoms with Crippen LogP contribution in [0.15, 0.2) is 30.3 Å². The van der Waals surface area contributed by atoms with Gasteiger partial charge in [-0.05, 0) is 24.8 Å². The molecule has 1 aromatic rings. The van der Waals surface area contributed by atoms with Gasteiger partial charge in [-0.1, -0.05) is 43.2 Å². The molecular weight excluding hydrogens is 236 g/mol. The first kappa shape index (κ1) is 12.5. The van der Waals surface area contributed by atoms with Crippen molar-refractivity contribution in [1.29, 1.82) is 0 Å². The number of rotatable bonds is 2. The minimum absolute atomic E-state index is 0.144. The molecule has 1 saturated heterocycles. The fourth-order valence-corrected chi connectivity index (χ4v) is 3.28. The number of carbonyl (C=O) groups excluding carboxylic acids is 1. The Morgan fingerprint density at radius 2 is 1.84 bits per heavy atom. The Balaban J connectivity index is 1.55. The SMILES string of the molecule is O=C(NC1CCCC1)N1CCC(c2ccccc2)C1. The number of nitrogens with zero attached hydrogens (tertiary/aromatic N) is 1. The number of urea groups is 1. The van der Waals surface area contributed by atoms with E-state index in [0.717, 1.165) is 32.4 Å². The fourth-order valence-electron chi connectivity index (χ4n) is 3.28. The zero-order chi connectivity index (χ0) is 13.1. The zero-order valence-corrected chi connectivity index (χ0v) is 11.3. The van der Waals surface area contributed by atoms with E-state index in [9.17, 15) is 4.79 Å². The fraction of sp³-hybridized carbons (Fsp3) is 0.562. The van der Waals surface area contributed by atoms with Crippen molar-refractivity contribution in [2.24, 2.45) is 0 Å². The number of likely N-dealkylation sites (tertiary alicyclic amines) is 1. The molecule has 0 aromatic heterocycles. The van der Waals surface area contributed by atoms with Gasteiger partial charge in [-0.2, -0.15) is 0 Å². The minimum atomic E-state index is 0.144. The average Bonchev–Trinajstić information content (AvgIpc) is 3.10. The van der Waals surface area contributed by atoms with Gasteiger partial charge in [-0.15, -0.1) is 0 Å². The average molecular weight is 258 g/mol. The second-order valence-electron chi connectivity index (χ2n) is 5.77. The molecule has 3 heteroatoms. The van der Waals surface area contributed by atoms with Crippen molar-refractivity contribution in [3.63, 3.8) is 0 Å². The van der Waals surface area contributed by atoms with E-state index < -0.39 is 0 Å². The van der Waals surface area contributed by atoms with Crippen molar-refractivity contribution >= 4 is 6.03 Å². The lowest BCUT2D eigenvalue weighted by atomic mass is 9.99. The number of hydrogen-bond acceptors (Lipinski definition) is 1. The van der Waals surface area contributed by atoms with Crippen molar-refractivity contribution in [3.8, 4) is 0 Å². The van der Waals surface area contributed by atoms with E-state index in [-0.39, 0.29) is 6.03 Å². The third-order valence-electron chi connectivity index (χ3n) is 4.43. The summed E-state index contributed by atoms with van der Waals surface area (Å²) in [7, 11) is 0. The Hall–Kier alpha value is -1.51. The molecule has 1 aliphatic carbocycles. The summed E-state index contributed by atoms with van der Waals surface area (Å²) in [5.74, 6) is 0.510. The molecule has 2 aliphatic rings. The van der Waals surface area contributed by atoms with Crippen LogP contribution in [0.1, 0.15) is 43.6 Å². The van der Waals surface area contributed by atoms with Gasteiger partial charge in [-0.25, -0.2) is 4.79 Å². The molecule has 2 amide bonds. The van der Waals surface area contributed by atoms with Gasteiger partial charge in [-0.3, -0.25) is 0 Å². The first-order valence-corrected chi connectivity index (χ1v) is 7.43. The Bertz CT molecular complexity index is 426. The van der Waals surface area contributed by atoms with Crippen LogP contribution in [0.5, 0.6) is 0 Å². The largest absolute Gasteiger partial charge is 0.335 e. The summed E-state index contributed by atoms with van der Waals surface area (Å²) >= 11 is 0. The predicted octanol–water partition coefficient (Wildman–Crippen LogP) is 3.13. The van der Waals surface area contributed by atoms with Crippen LogP contribution in [0.25, 0.3) is 0 Å². The van der Waals surface area contributed by atoms with Crippen molar-refractivity contribution < 1.29 is 4.79 Å². The number of hydrogen-bond donors (Lipinski definition) is 1. The van der Waals surface area contributed by atoms with Gasteiger partial charge in [0.05, 0.1) is 0 Å². The van der Waals surface area contributed by atoms with Crippen molar-refractivity contribution in [1.82, 2.24) is 10.2 Å². The second-order valence-corrected chi connectivity index (χ2v) is 5.77. The molecule has 3 rings (SSSR count). The molecule has 102 valence electrons. The maximum Gasteiger partial charge on any atom is 0.317 e. The first-order valence-electron chi connectivity index (χ1n) is 7.43. The predicted molar refractivity (Wildman–Crippen MR) is 76.2 cm³/mol. The standard InChI is InChI=1S/C16H22N2O/c19-16(17-15-8-4-5-9-15)18-11-10-14(12-18)13-6-2-1-3-7-13/h1-3,6-7,14-15H,4-5,8-12H2,(H,17,19). The lowest BCUT2D eigenvalue weighted by Gasteiger charge is -2.20. The molecule has 19 heavy (non-hydrogen) atoms. The molecule has 3 nitrogen and oxygen atoms in total. The molecule has 1 aliphatic heterocycles.